The Labute approximate surface area is 162 Å². The molecular weight excluding hydrogens is 354 g/mol. The second-order valence-corrected chi connectivity index (χ2v) is 7.29. The van der Waals surface area contributed by atoms with Crippen LogP contribution in [0.3, 0.4) is 0 Å². The summed E-state index contributed by atoms with van der Waals surface area (Å²) in [5, 5.41) is 11.1. The first-order valence-electron chi connectivity index (χ1n) is 9.53. The Hall–Kier alpha value is -3.15. The number of methoxy groups -OCH3 is 1. The highest BCUT2D eigenvalue weighted by Crippen LogP contribution is 2.39. The van der Waals surface area contributed by atoms with E-state index in [1.54, 1.807) is 19.2 Å². The number of carbonyl (C=O) groups excluding carboxylic acids is 1. The Morgan fingerprint density at radius 1 is 1.14 bits per heavy atom. The monoisotopic (exact) mass is 377 g/mol. The normalized spacial score (nSPS) is 15.5. The number of amides is 1. The molecule has 0 unspecified atom stereocenters. The number of ether oxygens (including phenoxy) is 1. The third-order valence-electron chi connectivity index (χ3n) is 5.56. The molecule has 0 saturated heterocycles. The molecule has 0 bridgehead atoms. The van der Waals surface area contributed by atoms with Crippen LogP contribution in [-0.2, 0) is 16.8 Å². The molecule has 1 heterocycles. The Morgan fingerprint density at radius 3 is 2.64 bits per heavy atom. The Bertz CT molecular complexity index is 1070. The molecule has 0 spiro atoms. The number of fused-ring (bicyclic) bond motifs is 1. The molecule has 4 rings (SSSR count). The highest BCUT2D eigenvalue weighted by molar-refractivity contribution is 5.88. The molecule has 1 fully saturated rings. The maximum Gasteiger partial charge on any atom is 0.272 e. The van der Waals surface area contributed by atoms with Gasteiger partial charge in [-0.25, -0.2) is 5.10 Å². The smallest absolute Gasteiger partial charge is 0.272 e. The van der Waals surface area contributed by atoms with E-state index in [-0.39, 0.29) is 23.4 Å². The molecule has 0 aliphatic heterocycles. The van der Waals surface area contributed by atoms with Crippen molar-refractivity contribution in [3.05, 3.63) is 70.1 Å². The average Bonchev–Trinajstić information content (AvgIpc) is 3.20. The van der Waals surface area contributed by atoms with E-state index in [1.807, 2.05) is 36.4 Å². The zero-order valence-corrected chi connectivity index (χ0v) is 15.8. The Morgan fingerprint density at radius 2 is 1.89 bits per heavy atom. The van der Waals surface area contributed by atoms with E-state index in [0.29, 0.717) is 16.5 Å². The van der Waals surface area contributed by atoms with E-state index in [1.165, 1.54) is 0 Å². The maximum absolute atomic E-state index is 13.0. The van der Waals surface area contributed by atoms with Crippen LogP contribution in [0.5, 0.6) is 5.75 Å². The summed E-state index contributed by atoms with van der Waals surface area (Å²) in [5.41, 5.74) is 1.01. The summed E-state index contributed by atoms with van der Waals surface area (Å²) in [6, 6.07) is 15.1. The molecule has 0 radical (unpaired) electrons. The molecule has 6 heteroatoms. The lowest BCUT2D eigenvalue weighted by Gasteiger charge is -2.31. The van der Waals surface area contributed by atoms with Gasteiger partial charge in [-0.3, -0.25) is 9.59 Å². The number of hydrogen-bond donors (Lipinski definition) is 2. The Kier molecular flexibility index (Phi) is 4.86. The van der Waals surface area contributed by atoms with E-state index in [2.05, 4.69) is 15.5 Å². The van der Waals surface area contributed by atoms with Crippen LogP contribution in [0.2, 0.25) is 0 Å². The average molecular weight is 377 g/mol. The van der Waals surface area contributed by atoms with Gasteiger partial charge in [0.1, 0.15) is 5.75 Å². The fourth-order valence-electron chi connectivity index (χ4n) is 4.15. The van der Waals surface area contributed by atoms with Gasteiger partial charge in [0.2, 0.25) is 5.91 Å². The van der Waals surface area contributed by atoms with Crippen LogP contribution in [0.4, 0.5) is 0 Å². The molecule has 2 aromatic carbocycles. The number of aromatic nitrogens is 2. The summed E-state index contributed by atoms with van der Waals surface area (Å²) in [6.45, 7) is 0. The lowest BCUT2D eigenvalue weighted by Crippen LogP contribution is -2.44. The van der Waals surface area contributed by atoms with Gasteiger partial charge in [0.25, 0.3) is 5.56 Å². The molecule has 144 valence electrons. The predicted octanol–water partition coefficient (Wildman–Crippen LogP) is 3.06. The zero-order chi connectivity index (χ0) is 19.6. The Balaban J connectivity index is 1.61. The number of hydrogen-bond acceptors (Lipinski definition) is 4. The van der Waals surface area contributed by atoms with Crippen LogP contribution >= 0.6 is 0 Å². The summed E-state index contributed by atoms with van der Waals surface area (Å²) in [7, 11) is 1.64. The molecular formula is C22H23N3O3. The summed E-state index contributed by atoms with van der Waals surface area (Å²) in [4.78, 5) is 24.9. The van der Waals surface area contributed by atoms with Crippen molar-refractivity contribution in [2.24, 2.45) is 0 Å². The second kappa shape index (κ2) is 7.46. The molecule has 1 aliphatic carbocycles. The van der Waals surface area contributed by atoms with Gasteiger partial charge in [-0.2, -0.15) is 5.10 Å². The van der Waals surface area contributed by atoms with Gasteiger partial charge in [0, 0.05) is 5.39 Å². The standard InChI is InChI=1S/C22H23N3O3/c1-28-16-8-6-7-15(13-16)22(11-4-5-12-22)23-20(26)14-19-17-9-2-3-10-18(17)21(27)25-24-19/h2-3,6-10,13H,4-5,11-12,14H2,1H3,(H,23,26)(H,25,27). The predicted molar refractivity (Wildman–Crippen MR) is 107 cm³/mol. The molecule has 1 saturated carbocycles. The van der Waals surface area contributed by atoms with Crippen molar-refractivity contribution < 1.29 is 9.53 Å². The fraction of sp³-hybridized carbons (Fsp3) is 0.318. The van der Waals surface area contributed by atoms with Gasteiger partial charge in [-0.15, -0.1) is 0 Å². The topological polar surface area (TPSA) is 84.1 Å². The van der Waals surface area contributed by atoms with Crippen molar-refractivity contribution in [1.29, 1.82) is 0 Å². The van der Waals surface area contributed by atoms with Crippen LogP contribution in [0.25, 0.3) is 10.8 Å². The molecule has 2 N–H and O–H groups in total. The second-order valence-electron chi connectivity index (χ2n) is 7.29. The van der Waals surface area contributed by atoms with Crippen molar-refractivity contribution >= 4 is 16.7 Å². The molecule has 6 nitrogen and oxygen atoms in total. The van der Waals surface area contributed by atoms with Crippen LogP contribution in [0.15, 0.2) is 53.3 Å². The van der Waals surface area contributed by atoms with Crippen molar-refractivity contribution in [2.45, 2.75) is 37.6 Å². The number of carbonyl (C=O) groups is 1. The first kappa shape index (κ1) is 18.2. The number of nitrogens with zero attached hydrogens (tertiary/aromatic N) is 1. The van der Waals surface area contributed by atoms with Crippen molar-refractivity contribution in [3.8, 4) is 5.75 Å². The molecule has 1 amide bonds. The van der Waals surface area contributed by atoms with Crippen LogP contribution in [0.1, 0.15) is 36.9 Å². The maximum atomic E-state index is 13.0. The first-order chi connectivity index (χ1) is 13.6. The highest BCUT2D eigenvalue weighted by atomic mass is 16.5. The molecule has 1 aromatic heterocycles. The molecule has 3 aromatic rings. The molecule has 0 atom stereocenters. The van der Waals surface area contributed by atoms with Gasteiger partial charge in [0.15, 0.2) is 0 Å². The number of nitrogens with one attached hydrogen (secondary N) is 2. The number of H-pyrrole nitrogens is 1. The summed E-state index contributed by atoms with van der Waals surface area (Å²) >= 11 is 0. The largest absolute Gasteiger partial charge is 0.497 e. The van der Waals surface area contributed by atoms with Crippen LogP contribution < -0.4 is 15.6 Å². The minimum absolute atomic E-state index is 0.102. The van der Waals surface area contributed by atoms with E-state index < -0.39 is 0 Å². The van der Waals surface area contributed by atoms with Gasteiger partial charge in [-0.1, -0.05) is 43.2 Å². The zero-order valence-electron chi connectivity index (χ0n) is 15.8. The van der Waals surface area contributed by atoms with Crippen LogP contribution in [0, 0.1) is 0 Å². The third-order valence-corrected chi connectivity index (χ3v) is 5.56. The van der Waals surface area contributed by atoms with E-state index in [4.69, 9.17) is 4.74 Å². The fourth-order valence-corrected chi connectivity index (χ4v) is 4.15. The SMILES string of the molecule is COc1cccc(C2(NC(=O)Cc3n[nH]c(=O)c4ccccc34)CCCC2)c1. The van der Waals surface area contributed by atoms with Crippen molar-refractivity contribution in [1.82, 2.24) is 15.5 Å². The molecule has 1 aliphatic rings. The minimum atomic E-state index is -0.385. The van der Waals surface area contributed by atoms with E-state index >= 15 is 0 Å². The van der Waals surface area contributed by atoms with Crippen molar-refractivity contribution in [3.63, 3.8) is 0 Å². The van der Waals surface area contributed by atoms with Gasteiger partial charge < -0.3 is 10.1 Å². The first-order valence-corrected chi connectivity index (χ1v) is 9.53. The number of rotatable bonds is 5. The van der Waals surface area contributed by atoms with Crippen LogP contribution in [-0.4, -0.2) is 23.2 Å². The van der Waals surface area contributed by atoms with E-state index in [0.717, 1.165) is 37.0 Å². The van der Waals surface area contributed by atoms with Crippen molar-refractivity contribution in [2.75, 3.05) is 7.11 Å². The minimum Gasteiger partial charge on any atom is -0.497 e. The molecule has 28 heavy (non-hydrogen) atoms. The lowest BCUT2D eigenvalue weighted by molar-refractivity contribution is -0.122. The summed E-state index contributed by atoms with van der Waals surface area (Å²) in [5.74, 6) is 0.681. The number of benzene rings is 2. The third kappa shape index (κ3) is 3.38. The van der Waals surface area contributed by atoms with Gasteiger partial charge >= 0.3 is 0 Å². The van der Waals surface area contributed by atoms with E-state index in [9.17, 15) is 9.59 Å². The van der Waals surface area contributed by atoms with Gasteiger partial charge in [-0.05, 0) is 36.6 Å². The quantitative estimate of drug-likeness (QED) is 0.716. The summed E-state index contributed by atoms with van der Waals surface area (Å²) < 4.78 is 5.36. The lowest BCUT2D eigenvalue weighted by atomic mass is 9.87. The number of aromatic amines is 1. The van der Waals surface area contributed by atoms with Gasteiger partial charge in [0.05, 0.1) is 30.1 Å². The summed E-state index contributed by atoms with van der Waals surface area (Å²) in [6.07, 6.45) is 4.04. The highest BCUT2D eigenvalue weighted by Gasteiger charge is 2.37.